The molecule has 0 saturated heterocycles. The summed E-state index contributed by atoms with van der Waals surface area (Å²) in [7, 11) is 1.58. The molecule has 0 bridgehead atoms. The summed E-state index contributed by atoms with van der Waals surface area (Å²) < 4.78 is 5.12. The molecule has 1 aliphatic carbocycles. The average Bonchev–Trinajstić information content (AvgIpc) is 3.17. The molecule has 104 valence electrons. The van der Waals surface area contributed by atoms with Gasteiger partial charge in [-0.05, 0) is 42.9 Å². The number of amides is 1. The molecule has 1 aromatic carbocycles. The summed E-state index contributed by atoms with van der Waals surface area (Å²) in [5.74, 6) is 0.535. The van der Waals surface area contributed by atoms with E-state index in [0.717, 1.165) is 13.0 Å². The van der Waals surface area contributed by atoms with Crippen LogP contribution in [0.3, 0.4) is 0 Å². The van der Waals surface area contributed by atoms with Gasteiger partial charge in [0.15, 0.2) is 0 Å². The lowest BCUT2D eigenvalue weighted by molar-refractivity contribution is 0.0944. The maximum Gasteiger partial charge on any atom is 0.253 e. The van der Waals surface area contributed by atoms with Crippen LogP contribution in [0.25, 0.3) is 0 Å². The fraction of sp³-hybridized carbons (Fsp3) is 0.533. The van der Waals surface area contributed by atoms with E-state index < -0.39 is 0 Å². The molecule has 0 radical (unpaired) electrons. The maximum absolute atomic E-state index is 12.2. The largest absolute Gasteiger partial charge is 0.497 e. The summed E-state index contributed by atoms with van der Waals surface area (Å²) in [5.41, 5.74) is 7.16. The summed E-state index contributed by atoms with van der Waals surface area (Å²) in [5, 5.41) is 3.00. The summed E-state index contributed by atoms with van der Waals surface area (Å²) in [6.07, 6.45) is 4.78. The molecule has 1 aromatic rings. The third kappa shape index (κ3) is 3.19. The van der Waals surface area contributed by atoms with Crippen molar-refractivity contribution in [1.29, 1.82) is 0 Å². The highest BCUT2D eigenvalue weighted by Gasteiger charge is 2.41. The molecule has 1 amide bonds. The van der Waals surface area contributed by atoms with Gasteiger partial charge in [0.05, 0.1) is 12.7 Å². The van der Waals surface area contributed by atoms with Crippen LogP contribution in [-0.2, 0) is 0 Å². The molecule has 0 atom stereocenters. The zero-order valence-corrected chi connectivity index (χ0v) is 11.7. The molecule has 19 heavy (non-hydrogen) atoms. The van der Waals surface area contributed by atoms with Crippen LogP contribution in [0.2, 0.25) is 0 Å². The molecule has 1 aliphatic rings. The smallest absolute Gasteiger partial charge is 0.253 e. The van der Waals surface area contributed by atoms with Gasteiger partial charge in [-0.3, -0.25) is 4.79 Å². The predicted molar refractivity (Wildman–Crippen MR) is 76.3 cm³/mol. The van der Waals surface area contributed by atoms with E-state index in [0.29, 0.717) is 22.4 Å². The van der Waals surface area contributed by atoms with Crippen LogP contribution >= 0.6 is 0 Å². The normalized spacial score (nSPS) is 15.9. The van der Waals surface area contributed by atoms with Gasteiger partial charge < -0.3 is 15.8 Å². The minimum Gasteiger partial charge on any atom is -0.497 e. The van der Waals surface area contributed by atoms with E-state index in [4.69, 9.17) is 10.5 Å². The minimum absolute atomic E-state index is 0.112. The number of methoxy groups -OCH3 is 1. The average molecular weight is 262 g/mol. The quantitative estimate of drug-likeness (QED) is 0.774. The SMILES string of the molecule is CCCC1(CNC(=O)c2cc(OC)ccc2N)CC1. The zero-order chi connectivity index (χ0) is 13.9. The third-order valence-electron chi connectivity index (χ3n) is 3.87. The molecular weight excluding hydrogens is 240 g/mol. The number of hydrogen-bond donors (Lipinski definition) is 2. The van der Waals surface area contributed by atoms with Crippen LogP contribution in [0.15, 0.2) is 18.2 Å². The van der Waals surface area contributed by atoms with E-state index in [1.54, 1.807) is 25.3 Å². The molecule has 0 heterocycles. The van der Waals surface area contributed by atoms with E-state index >= 15 is 0 Å². The fourth-order valence-corrected chi connectivity index (χ4v) is 2.44. The molecule has 1 fully saturated rings. The van der Waals surface area contributed by atoms with Gasteiger partial charge in [0.2, 0.25) is 0 Å². The highest BCUT2D eigenvalue weighted by atomic mass is 16.5. The number of rotatable bonds is 6. The first-order valence-electron chi connectivity index (χ1n) is 6.82. The van der Waals surface area contributed by atoms with Crippen LogP contribution in [0.1, 0.15) is 43.0 Å². The number of anilines is 1. The summed E-state index contributed by atoms with van der Waals surface area (Å²) in [6.45, 7) is 2.93. The van der Waals surface area contributed by atoms with E-state index in [1.807, 2.05) is 0 Å². The molecule has 1 saturated carbocycles. The number of carbonyl (C=O) groups excluding carboxylic acids is 1. The van der Waals surface area contributed by atoms with E-state index in [1.165, 1.54) is 19.3 Å². The van der Waals surface area contributed by atoms with E-state index in [-0.39, 0.29) is 5.91 Å². The third-order valence-corrected chi connectivity index (χ3v) is 3.87. The number of nitrogens with two attached hydrogens (primary N) is 1. The second-order valence-electron chi connectivity index (χ2n) is 5.39. The van der Waals surface area contributed by atoms with Crippen molar-refractivity contribution in [3.63, 3.8) is 0 Å². The lowest BCUT2D eigenvalue weighted by Crippen LogP contribution is -2.30. The van der Waals surface area contributed by atoms with Crippen LogP contribution in [0.4, 0.5) is 5.69 Å². The molecular formula is C15H22N2O2. The maximum atomic E-state index is 12.2. The predicted octanol–water partition coefficient (Wildman–Crippen LogP) is 2.59. The van der Waals surface area contributed by atoms with Crippen molar-refractivity contribution in [2.45, 2.75) is 32.6 Å². The highest BCUT2D eigenvalue weighted by molar-refractivity contribution is 5.99. The van der Waals surface area contributed by atoms with Crippen molar-refractivity contribution in [2.75, 3.05) is 19.4 Å². The Morgan fingerprint density at radius 3 is 2.79 bits per heavy atom. The van der Waals surface area contributed by atoms with Crippen molar-refractivity contribution >= 4 is 11.6 Å². The number of benzene rings is 1. The van der Waals surface area contributed by atoms with Crippen LogP contribution in [0.5, 0.6) is 5.75 Å². The zero-order valence-electron chi connectivity index (χ0n) is 11.7. The van der Waals surface area contributed by atoms with Gasteiger partial charge in [-0.2, -0.15) is 0 Å². The Balaban J connectivity index is 2.00. The molecule has 0 aliphatic heterocycles. The van der Waals surface area contributed by atoms with Crippen molar-refractivity contribution < 1.29 is 9.53 Å². The molecule has 0 aromatic heterocycles. The number of nitrogen functional groups attached to an aromatic ring is 1. The monoisotopic (exact) mass is 262 g/mol. The fourth-order valence-electron chi connectivity index (χ4n) is 2.44. The minimum atomic E-state index is -0.112. The first-order chi connectivity index (χ1) is 9.10. The van der Waals surface area contributed by atoms with Gasteiger partial charge in [-0.1, -0.05) is 13.3 Å². The summed E-state index contributed by atoms with van der Waals surface area (Å²) in [6, 6.07) is 5.14. The lowest BCUT2D eigenvalue weighted by Gasteiger charge is -2.15. The second kappa shape index (κ2) is 5.51. The molecule has 3 N–H and O–H groups in total. The second-order valence-corrected chi connectivity index (χ2v) is 5.39. The lowest BCUT2D eigenvalue weighted by atomic mass is 10.0. The Kier molecular flexibility index (Phi) is 3.98. The van der Waals surface area contributed by atoms with Crippen molar-refractivity contribution in [3.8, 4) is 5.75 Å². The summed E-state index contributed by atoms with van der Waals surface area (Å²) in [4.78, 5) is 12.2. The van der Waals surface area contributed by atoms with Gasteiger partial charge in [0.1, 0.15) is 5.75 Å². The van der Waals surface area contributed by atoms with Crippen molar-refractivity contribution in [1.82, 2.24) is 5.32 Å². The van der Waals surface area contributed by atoms with Crippen LogP contribution in [0, 0.1) is 5.41 Å². The first-order valence-corrected chi connectivity index (χ1v) is 6.82. The van der Waals surface area contributed by atoms with E-state index in [2.05, 4.69) is 12.2 Å². The Hall–Kier alpha value is -1.71. The van der Waals surface area contributed by atoms with Gasteiger partial charge in [-0.15, -0.1) is 0 Å². The van der Waals surface area contributed by atoms with Gasteiger partial charge in [-0.25, -0.2) is 0 Å². The molecule has 0 spiro atoms. The van der Waals surface area contributed by atoms with Crippen molar-refractivity contribution in [2.24, 2.45) is 5.41 Å². The van der Waals surface area contributed by atoms with Gasteiger partial charge in [0.25, 0.3) is 5.91 Å². The van der Waals surface area contributed by atoms with Crippen LogP contribution < -0.4 is 15.8 Å². The standard InChI is InChI=1S/C15H22N2O2/c1-3-6-15(7-8-15)10-17-14(18)12-9-11(19-2)4-5-13(12)16/h4-5,9H,3,6-8,10,16H2,1-2H3,(H,17,18). The first kappa shape index (κ1) is 13.7. The molecule has 4 nitrogen and oxygen atoms in total. The summed E-state index contributed by atoms with van der Waals surface area (Å²) >= 11 is 0. The van der Waals surface area contributed by atoms with Gasteiger partial charge in [0, 0.05) is 12.2 Å². The Bertz CT molecular complexity index is 467. The molecule has 0 unspecified atom stereocenters. The van der Waals surface area contributed by atoms with Gasteiger partial charge >= 0.3 is 0 Å². The number of ether oxygens (including phenoxy) is 1. The highest BCUT2D eigenvalue weighted by Crippen LogP contribution is 2.48. The molecule has 2 rings (SSSR count). The van der Waals surface area contributed by atoms with E-state index in [9.17, 15) is 4.79 Å². The number of hydrogen-bond acceptors (Lipinski definition) is 3. The number of carbonyl (C=O) groups is 1. The van der Waals surface area contributed by atoms with Crippen LogP contribution in [-0.4, -0.2) is 19.6 Å². The Labute approximate surface area is 114 Å². The Morgan fingerprint density at radius 2 is 2.21 bits per heavy atom. The number of nitrogens with one attached hydrogen (secondary N) is 1. The van der Waals surface area contributed by atoms with Crippen molar-refractivity contribution in [3.05, 3.63) is 23.8 Å². The topological polar surface area (TPSA) is 64.3 Å². The molecule has 4 heteroatoms. The Morgan fingerprint density at radius 1 is 1.47 bits per heavy atom.